The summed E-state index contributed by atoms with van der Waals surface area (Å²) < 4.78 is 7.50. The summed E-state index contributed by atoms with van der Waals surface area (Å²) in [6, 6.07) is 8.67. The number of ketones is 1. The van der Waals surface area contributed by atoms with Gasteiger partial charge in [-0.3, -0.25) is 14.4 Å². The molecule has 1 radical (unpaired) electrons. The normalized spacial score (nSPS) is 17.2. The monoisotopic (exact) mass is 355 g/mol. The van der Waals surface area contributed by atoms with Crippen molar-refractivity contribution in [3.8, 4) is 16.9 Å². The fraction of sp³-hybridized carbons (Fsp3) is 0.500. The highest BCUT2D eigenvalue weighted by Crippen LogP contribution is 2.23. The molecule has 1 saturated heterocycles. The number of hydrogen-bond acceptors (Lipinski definition) is 5. The van der Waals surface area contributed by atoms with Crippen LogP contribution in [0.1, 0.15) is 26.2 Å². The molecule has 1 fully saturated rings. The lowest BCUT2D eigenvalue weighted by molar-refractivity contribution is -0.125. The number of ether oxygens (including phenoxy) is 1. The fourth-order valence-corrected chi connectivity index (χ4v) is 3.20. The molecule has 1 atom stereocenters. The van der Waals surface area contributed by atoms with Gasteiger partial charge in [0, 0.05) is 38.3 Å². The molecular formula is C20H27N4O2. The molecule has 0 saturated carbocycles. The summed E-state index contributed by atoms with van der Waals surface area (Å²) in [6.45, 7) is 4.37. The molecule has 2 aromatic rings. The second-order valence-corrected chi connectivity index (χ2v) is 7.09. The van der Waals surface area contributed by atoms with Crippen LogP contribution in [-0.4, -0.2) is 46.3 Å². The number of Topliss-reactive ketones (excluding diaryl/α,β-unsaturated/α-hetero) is 1. The maximum absolute atomic E-state index is 12.3. The van der Waals surface area contributed by atoms with Crippen LogP contribution in [0.3, 0.4) is 0 Å². The Morgan fingerprint density at radius 1 is 1.38 bits per heavy atom. The Bertz CT molecular complexity index is 735. The summed E-state index contributed by atoms with van der Waals surface area (Å²) in [5, 5.41) is 4.18. The van der Waals surface area contributed by atoms with Crippen molar-refractivity contribution in [3.63, 3.8) is 0 Å². The smallest absolute Gasteiger partial charge is 0.167 e. The highest BCUT2D eigenvalue weighted by Gasteiger charge is 2.25. The van der Waals surface area contributed by atoms with Crippen LogP contribution >= 0.6 is 0 Å². The molecule has 6 nitrogen and oxygen atoms in total. The summed E-state index contributed by atoms with van der Waals surface area (Å²) in [7, 11) is 1.88. The van der Waals surface area contributed by atoms with Crippen LogP contribution in [0.25, 0.3) is 11.1 Å². The van der Waals surface area contributed by atoms with Gasteiger partial charge in [-0.05, 0) is 48.6 Å². The van der Waals surface area contributed by atoms with Crippen molar-refractivity contribution in [2.45, 2.75) is 32.4 Å². The van der Waals surface area contributed by atoms with Gasteiger partial charge in [0.1, 0.15) is 11.9 Å². The molecule has 3 rings (SSSR count). The van der Waals surface area contributed by atoms with Crippen molar-refractivity contribution < 1.29 is 9.53 Å². The molecule has 1 aliphatic heterocycles. The number of carbonyl (C=O) groups excluding carboxylic acids is 1. The van der Waals surface area contributed by atoms with Crippen molar-refractivity contribution in [3.05, 3.63) is 36.7 Å². The summed E-state index contributed by atoms with van der Waals surface area (Å²) in [5.74, 6) is 1.45. The molecule has 1 aromatic heterocycles. The highest BCUT2D eigenvalue weighted by atomic mass is 16.5. The zero-order chi connectivity index (χ0) is 18.5. The minimum Gasteiger partial charge on any atom is -0.493 e. The van der Waals surface area contributed by atoms with E-state index in [-0.39, 0.29) is 5.78 Å². The van der Waals surface area contributed by atoms with Gasteiger partial charge in [-0.25, -0.2) is 0 Å². The van der Waals surface area contributed by atoms with Gasteiger partial charge >= 0.3 is 0 Å². The Balaban J connectivity index is 1.49. The van der Waals surface area contributed by atoms with E-state index in [1.165, 1.54) is 0 Å². The van der Waals surface area contributed by atoms with E-state index in [1.807, 2.05) is 25.4 Å². The lowest BCUT2D eigenvalue weighted by Gasteiger charge is -2.33. The van der Waals surface area contributed by atoms with Crippen LogP contribution in [0, 0.1) is 12.0 Å². The van der Waals surface area contributed by atoms with E-state index in [4.69, 9.17) is 10.5 Å². The van der Waals surface area contributed by atoms with Crippen LogP contribution in [0.5, 0.6) is 5.75 Å². The second kappa shape index (κ2) is 8.47. The Morgan fingerprint density at radius 2 is 2.15 bits per heavy atom. The third-order valence-corrected chi connectivity index (χ3v) is 4.96. The van der Waals surface area contributed by atoms with E-state index in [9.17, 15) is 4.79 Å². The molecule has 0 bridgehead atoms. The van der Waals surface area contributed by atoms with Crippen LogP contribution in [0.4, 0.5) is 0 Å². The Morgan fingerprint density at radius 3 is 2.85 bits per heavy atom. The van der Waals surface area contributed by atoms with Gasteiger partial charge in [0.05, 0.1) is 12.8 Å². The molecule has 2 N–H and O–H groups in total. The number of rotatable bonds is 7. The van der Waals surface area contributed by atoms with E-state index in [0.29, 0.717) is 18.8 Å². The Labute approximate surface area is 154 Å². The first-order valence-electron chi connectivity index (χ1n) is 9.18. The Kier molecular flexibility index (Phi) is 6.06. The quantitative estimate of drug-likeness (QED) is 0.825. The fourth-order valence-electron chi connectivity index (χ4n) is 3.20. The number of nitrogens with two attached hydrogens (primary N) is 1. The van der Waals surface area contributed by atoms with Gasteiger partial charge in [-0.15, -0.1) is 0 Å². The van der Waals surface area contributed by atoms with E-state index >= 15 is 0 Å². The third-order valence-electron chi connectivity index (χ3n) is 4.96. The SMILES string of the molecule is CC1CCN(C(N)C(=O)CCOc2c[c]cc(-c3cnn(C)c3)c2)CC1. The molecule has 26 heavy (non-hydrogen) atoms. The highest BCUT2D eigenvalue weighted by molar-refractivity contribution is 5.83. The molecule has 0 spiro atoms. The lowest BCUT2D eigenvalue weighted by atomic mass is 9.98. The zero-order valence-electron chi connectivity index (χ0n) is 15.5. The van der Waals surface area contributed by atoms with Crippen LogP contribution in [0.15, 0.2) is 30.6 Å². The number of likely N-dealkylation sites (tertiary alicyclic amines) is 1. The number of carbonyl (C=O) groups is 1. The molecule has 1 aromatic carbocycles. The topological polar surface area (TPSA) is 73.4 Å². The lowest BCUT2D eigenvalue weighted by Crippen LogP contribution is -2.51. The maximum Gasteiger partial charge on any atom is 0.167 e. The number of aryl methyl sites for hydroxylation is 1. The maximum atomic E-state index is 12.3. The number of hydrogen-bond donors (Lipinski definition) is 1. The number of aromatic nitrogens is 2. The number of piperidine rings is 1. The van der Waals surface area contributed by atoms with E-state index in [1.54, 1.807) is 16.9 Å². The molecule has 0 aliphatic carbocycles. The van der Waals surface area contributed by atoms with Gasteiger partial charge in [-0.2, -0.15) is 5.10 Å². The van der Waals surface area contributed by atoms with E-state index in [2.05, 4.69) is 23.0 Å². The van der Waals surface area contributed by atoms with Crippen molar-refractivity contribution in [1.29, 1.82) is 0 Å². The molecule has 1 aliphatic rings. The second-order valence-electron chi connectivity index (χ2n) is 7.09. The predicted octanol–water partition coefficient (Wildman–Crippen LogP) is 2.24. The Hall–Kier alpha value is -2.18. The minimum atomic E-state index is -0.514. The van der Waals surface area contributed by atoms with E-state index < -0.39 is 6.17 Å². The van der Waals surface area contributed by atoms with E-state index in [0.717, 1.165) is 43.0 Å². The van der Waals surface area contributed by atoms with Gasteiger partial charge in [0.25, 0.3) is 0 Å². The molecular weight excluding hydrogens is 328 g/mol. The first-order chi connectivity index (χ1) is 12.5. The predicted molar refractivity (Wildman–Crippen MR) is 101 cm³/mol. The van der Waals surface area contributed by atoms with Crippen molar-refractivity contribution in [2.75, 3.05) is 19.7 Å². The van der Waals surface area contributed by atoms with Gasteiger partial charge in [-0.1, -0.05) is 6.92 Å². The largest absolute Gasteiger partial charge is 0.493 e. The average Bonchev–Trinajstić information content (AvgIpc) is 3.08. The molecule has 6 heteroatoms. The molecule has 0 amide bonds. The number of benzene rings is 1. The third kappa shape index (κ3) is 4.71. The van der Waals surface area contributed by atoms with Gasteiger partial charge in [0.15, 0.2) is 5.78 Å². The molecule has 2 heterocycles. The van der Waals surface area contributed by atoms with Crippen LogP contribution < -0.4 is 10.5 Å². The van der Waals surface area contributed by atoms with Crippen molar-refractivity contribution in [1.82, 2.24) is 14.7 Å². The standard InChI is InChI=1S/C20H27N4O2/c1-15-6-9-24(10-7-15)20(21)19(25)8-11-26-18-5-3-4-16(12-18)17-13-22-23(2)14-17/h4-5,12-15,20H,6-11,21H2,1-2H3. The van der Waals surface area contributed by atoms with Crippen LogP contribution in [0.2, 0.25) is 0 Å². The van der Waals surface area contributed by atoms with Crippen molar-refractivity contribution >= 4 is 5.78 Å². The average molecular weight is 355 g/mol. The van der Waals surface area contributed by atoms with Crippen molar-refractivity contribution in [2.24, 2.45) is 18.7 Å². The van der Waals surface area contributed by atoms with Gasteiger partial charge < -0.3 is 10.5 Å². The minimum absolute atomic E-state index is 0.0342. The zero-order valence-corrected chi connectivity index (χ0v) is 15.5. The molecule has 1 unspecified atom stereocenters. The van der Waals surface area contributed by atoms with Crippen LogP contribution in [-0.2, 0) is 11.8 Å². The number of nitrogens with zero attached hydrogens (tertiary/aromatic N) is 3. The summed E-state index contributed by atoms with van der Waals surface area (Å²) in [4.78, 5) is 14.4. The first kappa shape index (κ1) is 18.6. The first-order valence-corrected chi connectivity index (χ1v) is 9.18. The summed E-state index contributed by atoms with van der Waals surface area (Å²) >= 11 is 0. The molecule has 139 valence electrons. The summed E-state index contributed by atoms with van der Waals surface area (Å²) in [6.07, 6.45) is 5.75. The van der Waals surface area contributed by atoms with Gasteiger partial charge in [0.2, 0.25) is 0 Å². The summed E-state index contributed by atoms with van der Waals surface area (Å²) in [5.41, 5.74) is 8.12.